The Bertz CT molecular complexity index is 846. The van der Waals surface area contributed by atoms with Crippen LogP contribution in [-0.4, -0.2) is 56.9 Å². The zero-order chi connectivity index (χ0) is 20.4. The Morgan fingerprint density at radius 1 is 1.11 bits per heavy atom. The number of sulfonamides is 1. The Labute approximate surface area is 172 Å². The molecule has 0 aliphatic rings. The minimum atomic E-state index is -3.38. The molecule has 0 aromatic carbocycles. The maximum absolute atomic E-state index is 12.6. The fourth-order valence-electron chi connectivity index (χ4n) is 2.70. The van der Waals surface area contributed by atoms with Gasteiger partial charge in [0.15, 0.2) is 5.96 Å². The molecule has 0 aliphatic carbocycles. The molecule has 9 heteroatoms. The highest BCUT2D eigenvalue weighted by Gasteiger charge is 2.23. The van der Waals surface area contributed by atoms with Crippen molar-refractivity contribution in [3.63, 3.8) is 0 Å². The Balaban J connectivity index is 1.80. The summed E-state index contributed by atoms with van der Waals surface area (Å²) in [4.78, 5) is 9.54. The smallest absolute Gasteiger partial charge is 0.252 e. The summed E-state index contributed by atoms with van der Waals surface area (Å²) in [5, 5.41) is 6.53. The fraction of sp³-hybridized carbons (Fsp3) is 0.474. The van der Waals surface area contributed by atoms with Gasteiger partial charge < -0.3 is 10.6 Å². The van der Waals surface area contributed by atoms with Crippen molar-refractivity contribution >= 4 is 27.3 Å². The zero-order valence-corrected chi connectivity index (χ0v) is 18.3. The van der Waals surface area contributed by atoms with E-state index >= 15 is 0 Å². The fourth-order valence-corrected chi connectivity index (χ4v) is 5.67. The summed E-state index contributed by atoms with van der Waals surface area (Å²) in [5.74, 6) is 0.725. The van der Waals surface area contributed by atoms with Crippen molar-refractivity contribution in [2.24, 2.45) is 4.99 Å². The number of aromatic nitrogens is 1. The van der Waals surface area contributed by atoms with Crippen LogP contribution in [0.5, 0.6) is 0 Å². The second kappa shape index (κ2) is 11.1. The molecule has 2 N–H and O–H groups in total. The number of nitrogens with zero attached hydrogens (tertiary/aromatic N) is 3. The summed E-state index contributed by atoms with van der Waals surface area (Å²) in [6, 6.07) is 9.47. The predicted molar refractivity (Wildman–Crippen MR) is 115 cm³/mol. The molecule has 7 nitrogen and oxygen atoms in total. The van der Waals surface area contributed by atoms with Gasteiger partial charge in [-0.05, 0) is 30.7 Å². The van der Waals surface area contributed by atoms with Crippen molar-refractivity contribution in [1.29, 1.82) is 0 Å². The number of thiophene rings is 1. The first-order valence-electron chi connectivity index (χ1n) is 9.44. The third kappa shape index (κ3) is 6.29. The monoisotopic (exact) mass is 423 g/mol. The van der Waals surface area contributed by atoms with E-state index in [1.165, 1.54) is 15.6 Å². The maximum Gasteiger partial charge on any atom is 0.252 e. The molecule has 154 valence electrons. The summed E-state index contributed by atoms with van der Waals surface area (Å²) in [6.07, 6.45) is 3.34. The Hall–Kier alpha value is -1.97. The number of pyridine rings is 1. The first kappa shape index (κ1) is 22.3. The highest BCUT2D eigenvalue weighted by molar-refractivity contribution is 7.91. The SMILES string of the molecule is CCN(CC)S(=O)(=O)c1ccc(CCNC(=NC)NCCc2ccccn2)s1. The van der Waals surface area contributed by atoms with Crippen LogP contribution >= 0.6 is 11.3 Å². The zero-order valence-electron chi connectivity index (χ0n) is 16.7. The average molecular weight is 424 g/mol. The molecule has 0 amide bonds. The van der Waals surface area contributed by atoms with Crippen molar-refractivity contribution in [3.8, 4) is 0 Å². The molecule has 2 rings (SSSR count). The van der Waals surface area contributed by atoms with Gasteiger partial charge in [0.05, 0.1) is 0 Å². The molecule has 28 heavy (non-hydrogen) atoms. The molecule has 2 aromatic heterocycles. The number of guanidine groups is 1. The molecule has 0 unspecified atom stereocenters. The van der Waals surface area contributed by atoms with Crippen LogP contribution in [0.25, 0.3) is 0 Å². The van der Waals surface area contributed by atoms with Gasteiger partial charge in [-0.1, -0.05) is 19.9 Å². The number of hydrogen-bond donors (Lipinski definition) is 2. The van der Waals surface area contributed by atoms with Crippen LogP contribution in [-0.2, 0) is 22.9 Å². The quantitative estimate of drug-likeness (QED) is 0.452. The van der Waals surface area contributed by atoms with Crippen LogP contribution < -0.4 is 10.6 Å². The molecular formula is C19H29N5O2S2. The molecule has 2 aromatic rings. The van der Waals surface area contributed by atoms with E-state index in [4.69, 9.17) is 0 Å². The summed E-state index contributed by atoms with van der Waals surface area (Å²) >= 11 is 1.34. The second-order valence-electron chi connectivity index (χ2n) is 6.06. The largest absolute Gasteiger partial charge is 0.356 e. The van der Waals surface area contributed by atoms with Gasteiger partial charge in [0.2, 0.25) is 0 Å². The third-order valence-electron chi connectivity index (χ3n) is 4.22. The van der Waals surface area contributed by atoms with Gasteiger partial charge in [-0.25, -0.2) is 8.42 Å². The summed E-state index contributed by atoms with van der Waals surface area (Å²) in [7, 11) is -1.64. The molecule has 0 saturated heterocycles. The predicted octanol–water partition coefficient (Wildman–Crippen LogP) is 2.12. The highest BCUT2D eigenvalue weighted by Crippen LogP contribution is 2.25. The Morgan fingerprint density at radius 3 is 2.43 bits per heavy atom. The van der Waals surface area contributed by atoms with Crippen molar-refractivity contribution in [3.05, 3.63) is 47.1 Å². The number of hydrogen-bond acceptors (Lipinski definition) is 5. The molecule has 0 spiro atoms. The molecule has 0 fully saturated rings. The Morgan fingerprint density at radius 2 is 1.82 bits per heavy atom. The van der Waals surface area contributed by atoms with E-state index in [2.05, 4.69) is 20.6 Å². The summed E-state index contributed by atoms with van der Waals surface area (Å²) in [6.45, 7) is 6.08. The number of aliphatic imine (C=N–C) groups is 1. The van der Waals surface area contributed by atoms with E-state index in [0.717, 1.165) is 35.9 Å². The minimum Gasteiger partial charge on any atom is -0.356 e. The molecule has 2 heterocycles. The molecule has 0 bridgehead atoms. The first-order chi connectivity index (χ1) is 13.5. The topological polar surface area (TPSA) is 86.7 Å². The highest BCUT2D eigenvalue weighted by atomic mass is 32.2. The summed E-state index contributed by atoms with van der Waals surface area (Å²) in [5.41, 5.74) is 1.03. The van der Waals surface area contributed by atoms with Crippen LogP contribution in [0.2, 0.25) is 0 Å². The van der Waals surface area contributed by atoms with E-state index in [1.54, 1.807) is 19.3 Å². The van der Waals surface area contributed by atoms with Gasteiger partial charge in [-0.15, -0.1) is 11.3 Å². The van der Waals surface area contributed by atoms with Crippen LogP contribution in [0, 0.1) is 0 Å². The van der Waals surface area contributed by atoms with E-state index in [0.29, 0.717) is 23.8 Å². The van der Waals surface area contributed by atoms with E-state index < -0.39 is 10.0 Å². The lowest BCUT2D eigenvalue weighted by Gasteiger charge is -2.16. The normalized spacial score (nSPS) is 12.4. The van der Waals surface area contributed by atoms with Crippen LogP contribution in [0.15, 0.2) is 45.7 Å². The number of rotatable bonds is 10. The second-order valence-corrected chi connectivity index (χ2v) is 9.39. The average Bonchev–Trinajstić information content (AvgIpc) is 3.18. The van der Waals surface area contributed by atoms with Gasteiger partial charge in [-0.3, -0.25) is 9.98 Å². The first-order valence-corrected chi connectivity index (χ1v) is 11.7. The van der Waals surface area contributed by atoms with Crippen LogP contribution in [0.1, 0.15) is 24.4 Å². The van der Waals surface area contributed by atoms with Crippen LogP contribution in [0.4, 0.5) is 0 Å². The number of nitrogens with one attached hydrogen (secondary N) is 2. The van der Waals surface area contributed by atoms with Crippen molar-refractivity contribution < 1.29 is 8.42 Å². The van der Waals surface area contributed by atoms with Crippen molar-refractivity contribution in [1.82, 2.24) is 19.9 Å². The summed E-state index contributed by atoms with van der Waals surface area (Å²) < 4.78 is 27.0. The van der Waals surface area contributed by atoms with Crippen LogP contribution in [0.3, 0.4) is 0 Å². The maximum atomic E-state index is 12.6. The van der Waals surface area contributed by atoms with Gasteiger partial charge in [0.25, 0.3) is 10.0 Å². The lowest BCUT2D eigenvalue weighted by atomic mass is 10.3. The minimum absolute atomic E-state index is 0.407. The Kier molecular flexibility index (Phi) is 8.88. The van der Waals surface area contributed by atoms with E-state index in [1.807, 2.05) is 38.1 Å². The molecule has 0 radical (unpaired) electrons. The lowest BCUT2D eigenvalue weighted by Crippen LogP contribution is -2.39. The van der Waals surface area contributed by atoms with Gasteiger partial charge in [0.1, 0.15) is 4.21 Å². The lowest BCUT2D eigenvalue weighted by molar-refractivity contribution is 0.447. The van der Waals surface area contributed by atoms with Crippen molar-refractivity contribution in [2.75, 3.05) is 33.2 Å². The molecule has 0 saturated carbocycles. The third-order valence-corrected chi connectivity index (χ3v) is 7.89. The van der Waals surface area contributed by atoms with Gasteiger partial charge >= 0.3 is 0 Å². The van der Waals surface area contributed by atoms with E-state index in [9.17, 15) is 8.42 Å². The molecule has 0 aliphatic heterocycles. The molecule has 0 atom stereocenters. The van der Waals surface area contributed by atoms with Gasteiger partial charge in [0, 0.05) is 56.4 Å². The van der Waals surface area contributed by atoms with Crippen molar-refractivity contribution in [2.45, 2.75) is 30.9 Å². The standard InChI is InChI=1S/C19H29N5O2S2/c1-4-24(5-2)28(25,26)18-10-9-17(27-18)12-15-23-19(20-3)22-14-11-16-8-6-7-13-21-16/h6-10,13H,4-5,11-12,14-15H2,1-3H3,(H2,20,22,23). The van der Waals surface area contributed by atoms with Gasteiger partial charge in [-0.2, -0.15) is 4.31 Å². The molecular weight excluding hydrogens is 394 g/mol. The van der Waals surface area contributed by atoms with E-state index in [-0.39, 0.29) is 0 Å².